The summed E-state index contributed by atoms with van der Waals surface area (Å²) >= 11 is 10.2. The molecular weight excluding hydrogens is 373 g/mol. The molecule has 0 saturated carbocycles. The summed E-state index contributed by atoms with van der Waals surface area (Å²) in [6, 6.07) is 9.13. The predicted molar refractivity (Wildman–Crippen MR) is 89.3 cm³/mol. The van der Waals surface area contributed by atoms with Gasteiger partial charge in [0.15, 0.2) is 4.77 Å². The van der Waals surface area contributed by atoms with Gasteiger partial charge in [0.1, 0.15) is 5.82 Å². The van der Waals surface area contributed by atoms with Gasteiger partial charge >= 0.3 is 0 Å². The van der Waals surface area contributed by atoms with Crippen LogP contribution in [0.2, 0.25) is 0 Å². The number of benzene rings is 2. The summed E-state index contributed by atoms with van der Waals surface area (Å²) in [5, 5.41) is 0. The molecule has 0 unspecified atom stereocenters. The lowest BCUT2D eigenvalue weighted by Crippen LogP contribution is -1.93. The Labute approximate surface area is 136 Å². The minimum atomic E-state index is -0.316. The number of imidazole rings is 1. The summed E-state index contributed by atoms with van der Waals surface area (Å²) in [7, 11) is 0. The quantitative estimate of drug-likeness (QED) is 0.461. The number of thiazole rings is 1. The number of H-pyrrole nitrogens is 1. The van der Waals surface area contributed by atoms with Crippen molar-refractivity contribution in [3.63, 3.8) is 0 Å². The zero-order valence-electron chi connectivity index (χ0n) is 10.4. The summed E-state index contributed by atoms with van der Waals surface area (Å²) in [6.45, 7) is 0. The molecule has 0 saturated heterocycles. The minimum absolute atomic E-state index is 0.316. The number of hydrogen-bond acceptors (Lipinski definition) is 3. The molecule has 1 N–H and O–H groups in total. The van der Waals surface area contributed by atoms with Crippen LogP contribution in [0.4, 0.5) is 4.39 Å². The molecule has 0 bridgehead atoms. The van der Waals surface area contributed by atoms with Gasteiger partial charge in [0.2, 0.25) is 0 Å². The van der Waals surface area contributed by atoms with Crippen LogP contribution in [0.3, 0.4) is 0 Å². The summed E-state index contributed by atoms with van der Waals surface area (Å²) in [5.41, 5.74) is 5.21. The topological polar surface area (TPSA) is 33.6 Å². The van der Waals surface area contributed by atoms with Crippen molar-refractivity contribution in [2.45, 2.75) is 0 Å². The van der Waals surface area contributed by atoms with E-state index in [2.05, 4.69) is 25.9 Å². The second kappa shape index (κ2) is 4.72. The third-order valence-corrected chi connectivity index (χ3v) is 4.98. The number of nitrogens with zero attached hydrogens (tertiary/aromatic N) is 2. The Balaban J connectivity index is 2.06. The molecule has 0 atom stereocenters. The highest BCUT2D eigenvalue weighted by atomic mass is 79.9. The minimum Gasteiger partial charge on any atom is -0.330 e. The number of nitrogens with one attached hydrogen (secondary N) is 1. The highest BCUT2D eigenvalue weighted by Gasteiger charge is 2.11. The molecule has 0 aliphatic rings. The lowest BCUT2D eigenvalue weighted by molar-refractivity contribution is 0.623. The molecule has 4 rings (SSSR count). The number of aromatic nitrogens is 3. The molecule has 0 spiro atoms. The first-order valence-corrected chi connectivity index (χ1v) is 8.15. The monoisotopic (exact) mass is 379 g/mol. The van der Waals surface area contributed by atoms with E-state index in [1.165, 1.54) is 6.07 Å². The van der Waals surface area contributed by atoms with Crippen molar-refractivity contribution >= 4 is 60.7 Å². The van der Waals surface area contributed by atoms with Gasteiger partial charge in [0.05, 0.1) is 31.2 Å². The SMILES string of the molecule is Fc1cc2[nH]c(=S)n(-c3ccc4ncsc4c3)c2cc1Br. The summed E-state index contributed by atoms with van der Waals surface area (Å²) in [6.07, 6.45) is 0. The molecule has 0 aliphatic heterocycles. The Morgan fingerprint density at radius 3 is 3.00 bits per heavy atom. The van der Waals surface area contributed by atoms with Gasteiger partial charge in [-0.2, -0.15) is 0 Å². The Hall–Kier alpha value is -1.57. The first-order chi connectivity index (χ1) is 10.1. The van der Waals surface area contributed by atoms with Crippen LogP contribution in [0.1, 0.15) is 0 Å². The van der Waals surface area contributed by atoms with Crippen LogP contribution in [0.5, 0.6) is 0 Å². The van der Waals surface area contributed by atoms with Crippen LogP contribution >= 0.6 is 39.5 Å². The molecule has 21 heavy (non-hydrogen) atoms. The number of halogens is 2. The Morgan fingerprint density at radius 1 is 1.29 bits per heavy atom. The zero-order valence-corrected chi connectivity index (χ0v) is 13.6. The van der Waals surface area contributed by atoms with E-state index >= 15 is 0 Å². The van der Waals surface area contributed by atoms with E-state index < -0.39 is 0 Å². The second-order valence-electron chi connectivity index (χ2n) is 4.55. The van der Waals surface area contributed by atoms with E-state index in [0.29, 0.717) is 14.8 Å². The van der Waals surface area contributed by atoms with Gasteiger partial charge in [-0.15, -0.1) is 11.3 Å². The van der Waals surface area contributed by atoms with Crippen LogP contribution in [0.15, 0.2) is 40.3 Å². The van der Waals surface area contributed by atoms with Gasteiger partial charge in [0, 0.05) is 11.8 Å². The lowest BCUT2D eigenvalue weighted by Gasteiger charge is -2.05. The van der Waals surface area contributed by atoms with Crippen LogP contribution in [0, 0.1) is 10.6 Å². The van der Waals surface area contributed by atoms with Crippen molar-refractivity contribution in [3.05, 3.63) is 50.9 Å². The third kappa shape index (κ3) is 2.04. The highest BCUT2D eigenvalue weighted by molar-refractivity contribution is 9.10. The molecule has 0 aliphatic carbocycles. The van der Waals surface area contributed by atoms with Crippen molar-refractivity contribution in [1.29, 1.82) is 0 Å². The second-order valence-corrected chi connectivity index (χ2v) is 6.68. The van der Waals surface area contributed by atoms with Crippen LogP contribution in [-0.4, -0.2) is 14.5 Å². The molecule has 7 heteroatoms. The Morgan fingerprint density at radius 2 is 2.14 bits per heavy atom. The van der Waals surface area contributed by atoms with Gasteiger partial charge in [-0.25, -0.2) is 9.37 Å². The fraction of sp³-hybridized carbons (Fsp3) is 0. The van der Waals surface area contributed by atoms with E-state index in [0.717, 1.165) is 21.4 Å². The molecule has 0 amide bonds. The van der Waals surface area contributed by atoms with Gasteiger partial charge in [-0.1, -0.05) is 0 Å². The molecule has 0 fully saturated rings. The average molecular weight is 380 g/mol. The molecule has 2 aromatic heterocycles. The average Bonchev–Trinajstić information content (AvgIpc) is 3.02. The fourth-order valence-electron chi connectivity index (χ4n) is 2.34. The van der Waals surface area contributed by atoms with Crippen molar-refractivity contribution in [2.24, 2.45) is 0 Å². The zero-order chi connectivity index (χ0) is 14.6. The largest absolute Gasteiger partial charge is 0.330 e. The molecule has 4 aromatic rings. The number of fused-ring (bicyclic) bond motifs is 2. The standard InChI is InChI=1S/C14H7BrFN3S2/c15-8-4-12-11(5-9(8)16)18-14(20)19(12)7-1-2-10-13(3-7)21-6-17-10/h1-6H,(H,18,20). The maximum atomic E-state index is 13.6. The smallest absolute Gasteiger partial charge is 0.182 e. The third-order valence-electron chi connectivity index (χ3n) is 3.30. The molecular formula is C14H7BrFN3S2. The number of hydrogen-bond donors (Lipinski definition) is 1. The first-order valence-electron chi connectivity index (χ1n) is 6.07. The van der Waals surface area contributed by atoms with Crippen molar-refractivity contribution in [1.82, 2.24) is 14.5 Å². The van der Waals surface area contributed by atoms with Crippen LogP contribution < -0.4 is 0 Å². The van der Waals surface area contributed by atoms with Crippen LogP contribution in [0.25, 0.3) is 26.9 Å². The lowest BCUT2D eigenvalue weighted by atomic mass is 10.2. The van der Waals surface area contributed by atoms with Crippen molar-refractivity contribution in [2.75, 3.05) is 0 Å². The molecule has 2 heterocycles. The maximum Gasteiger partial charge on any atom is 0.182 e. The predicted octanol–water partition coefficient (Wildman–Crippen LogP) is 5.20. The summed E-state index contributed by atoms with van der Waals surface area (Å²) < 4.78 is 17.6. The van der Waals surface area contributed by atoms with E-state index in [4.69, 9.17) is 12.2 Å². The molecule has 0 radical (unpaired) electrons. The van der Waals surface area contributed by atoms with Gasteiger partial charge < -0.3 is 4.98 Å². The van der Waals surface area contributed by atoms with E-state index in [9.17, 15) is 4.39 Å². The Bertz CT molecular complexity index is 1050. The van der Waals surface area contributed by atoms with E-state index in [1.807, 2.05) is 28.3 Å². The van der Waals surface area contributed by atoms with Gasteiger partial charge in [0.25, 0.3) is 0 Å². The molecule has 104 valence electrons. The number of aromatic amines is 1. The fourth-order valence-corrected chi connectivity index (χ4v) is 3.70. The first kappa shape index (κ1) is 13.1. The molecule has 3 nitrogen and oxygen atoms in total. The summed E-state index contributed by atoms with van der Waals surface area (Å²) in [4.78, 5) is 7.31. The highest BCUT2D eigenvalue weighted by Crippen LogP contribution is 2.28. The normalized spacial score (nSPS) is 11.5. The van der Waals surface area contributed by atoms with Crippen LogP contribution in [-0.2, 0) is 0 Å². The van der Waals surface area contributed by atoms with E-state index in [-0.39, 0.29) is 5.82 Å². The maximum absolute atomic E-state index is 13.6. The van der Waals surface area contributed by atoms with Gasteiger partial charge in [-0.3, -0.25) is 4.57 Å². The summed E-state index contributed by atoms with van der Waals surface area (Å²) in [5.74, 6) is -0.316. The van der Waals surface area contributed by atoms with Crippen molar-refractivity contribution < 1.29 is 4.39 Å². The van der Waals surface area contributed by atoms with Gasteiger partial charge in [-0.05, 0) is 52.4 Å². The molecule has 2 aromatic carbocycles. The Kier molecular flexibility index (Phi) is 2.95. The van der Waals surface area contributed by atoms with E-state index in [1.54, 1.807) is 17.4 Å². The van der Waals surface area contributed by atoms with Crippen molar-refractivity contribution in [3.8, 4) is 5.69 Å². The number of rotatable bonds is 1.